The van der Waals surface area contributed by atoms with Crippen molar-refractivity contribution in [3.8, 4) is 23.5 Å². The van der Waals surface area contributed by atoms with Crippen LogP contribution in [0.4, 0.5) is 0 Å². The van der Waals surface area contributed by atoms with E-state index in [1.165, 1.54) is 43.3 Å². The van der Waals surface area contributed by atoms with Crippen molar-refractivity contribution in [2.75, 3.05) is 0 Å². The molecule has 4 aromatic rings. The van der Waals surface area contributed by atoms with Gasteiger partial charge in [-0.25, -0.2) is 9.59 Å². The van der Waals surface area contributed by atoms with Gasteiger partial charge in [0.2, 0.25) is 0 Å². The summed E-state index contributed by atoms with van der Waals surface area (Å²) in [6.07, 6.45) is 1.55. The molecule has 34 heavy (non-hydrogen) atoms. The fraction of sp³-hybridized carbons (Fsp3) is 0.0370. The molecule has 0 aliphatic heterocycles. The Morgan fingerprint density at radius 3 is 2.09 bits per heavy atom. The summed E-state index contributed by atoms with van der Waals surface area (Å²) in [6.45, 7) is 1.50. The number of fused-ring (bicyclic) bond motifs is 1. The number of para-hydroxylation sites is 1. The van der Waals surface area contributed by atoms with E-state index < -0.39 is 11.9 Å². The molecular weight excluding hydrogens is 434 g/mol. The number of hydrogen-bond acceptors (Lipinski definition) is 7. The number of benzene rings is 4. The van der Waals surface area contributed by atoms with Gasteiger partial charge < -0.3 is 14.2 Å². The number of nitrogens with zero attached hydrogens (tertiary/aromatic N) is 1. The Morgan fingerprint density at radius 1 is 0.706 bits per heavy atom. The average molecular weight is 451 g/mol. The number of hydrogen-bond donors (Lipinski definition) is 0. The third-order valence-electron chi connectivity index (χ3n) is 4.99. The normalized spacial score (nSPS) is 10.2. The van der Waals surface area contributed by atoms with E-state index in [2.05, 4.69) is 4.74 Å². The van der Waals surface area contributed by atoms with Gasteiger partial charge in [0.15, 0.2) is 5.78 Å². The zero-order valence-corrected chi connectivity index (χ0v) is 18.0. The van der Waals surface area contributed by atoms with Gasteiger partial charge in [-0.2, -0.15) is 0 Å². The lowest BCUT2D eigenvalue weighted by Crippen LogP contribution is -2.14. The highest BCUT2D eigenvalue weighted by Crippen LogP contribution is 2.26. The van der Waals surface area contributed by atoms with Crippen LogP contribution in [0.1, 0.15) is 38.0 Å². The van der Waals surface area contributed by atoms with Crippen LogP contribution in [0.5, 0.6) is 17.2 Å². The molecule has 0 N–H and O–H groups in total. The number of carbonyl (C=O) groups excluding carboxylic acids is 3. The van der Waals surface area contributed by atoms with Crippen molar-refractivity contribution < 1.29 is 28.6 Å². The Balaban J connectivity index is 1.52. The van der Waals surface area contributed by atoms with Crippen LogP contribution in [0.25, 0.3) is 10.8 Å². The van der Waals surface area contributed by atoms with Gasteiger partial charge in [-0.3, -0.25) is 4.79 Å². The highest BCUT2D eigenvalue weighted by atomic mass is 16.5. The molecule has 4 aromatic carbocycles. The molecule has 0 aliphatic rings. The summed E-state index contributed by atoms with van der Waals surface area (Å²) in [5.41, 5.74) is 0.889. The Bertz CT molecular complexity index is 1450. The van der Waals surface area contributed by atoms with E-state index >= 15 is 0 Å². The number of ether oxygens (including phenoxy) is 3. The molecule has 0 radical (unpaired) electrons. The van der Waals surface area contributed by atoms with Crippen LogP contribution in [0.3, 0.4) is 0 Å². The molecular formula is C27H17NO6. The van der Waals surface area contributed by atoms with Crippen molar-refractivity contribution in [2.24, 2.45) is 0 Å². The highest BCUT2D eigenvalue weighted by Gasteiger charge is 2.18. The van der Waals surface area contributed by atoms with Gasteiger partial charge in [0, 0.05) is 5.56 Å². The average Bonchev–Trinajstić information content (AvgIpc) is 2.84. The van der Waals surface area contributed by atoms with Crippen LogP contribution < -0.4 is 14.2 Å². The fourth-order valence-corrected chi connectivity index (χ4v) is 3.26. The SMILES string of the molecule is CC(=O)c1ccc2cc(OC(=O)c3ccccc3OC(=O)c3ccc(OC#N)cc3)ccc2c1. The standard InChI is InChI=1S/C27H17NO6/c1-17(29)19-6-7-21-15-23(13-10-20(21)14-19)33-27(31)24-4-2-3-5-25(24)34-26(30)18-8-11-22(12-9-18)32-16-28/h2-15H,1H3. The second kappa shape index (κ2) is 9.67. The van der Waals surface area contributed by atoms with Gasteiger partial charge in [-0.15, -0.1) is 5.26 Å². The van der Waals surface area contributed by atoms with Gasteiger partial charge >= 0.3 is 11.9 Å². The van der Waals surface area contributed by atoms with Gasteiger partial charge in [0.25, 0.3) is 6.26 Å². The van der Waals surface area contributed by atoms with E-state index in [-0.39, 0.29) is 28.4 Å². The van der Waals surface area contributed by atoms with Crippen LogP contribution in [-0.2, 0) is 0 Å². The molecule has 0 spiro atoms. The number of carbonyl (C=O) groups is 3. The molecule has 0 bridgehead atoms. The molecule has 4 rings (SSSR count). The first-order valence-corrected chi connectivity index (χ1v) is 10.2. The predicted octanol–water partition coefficient (Wildman–Crippen LogP) is 5.34. The van der Waals surface area contributed by atoms with Crippen molar-refractivity contribution in [2.45, 2.75) is 6.92 Å². The first-order valence-electron chi connectivity index (χ1n) is 10.2. The monoisotopic (exact) mass is 451 g/mol. The third kappa shape index (κ3) is 4.92. The van der Waals surface area contributed by atoms with E-state index in [0.717, 1.165) is 10.8 Å². The van der Waals surface area contributed by atoms with Crippen LogP contribution >= 0.6 is 0 Å². The molecule has 7 nitrogen and oxygen atoms in total. The lowest BCUT2D eigenvalue weighted by atomic mass is 10.0. The molecule has 166 valence electrons. The summed E-state index contributed by atoms with van der Waals surface area (Å²) < 4.78 is 15.6. The van der Waals surface area contributed by atoms with Gasteiger partial charge in [0.05, 0.1) is 5.56 Å². The Hall–Kier alpha value is -4.96. The first-order chi connectivity index (χ1) is 16.4. The second-order valence-electron chi connectivity index (χ2n) is 7.27. The zero-order chi connectivity index (χ0) is 24.1. The third-order valence-corrected chi connectivity index (χ3v) is 4.99. The zero-order valence-electron chi connectivity index (χ0n) is 18.0. The Kier molecular flexibility index (Phi) is 6.33. The van der Waals surface area contributed by atoms with E-state index in [4.69, 9.17) is 14.7 Å². The van der Waals surface area contributed by atoms with Gasteiger partial charge in [-0.1, -0.05) is 30.3 Å². The number of ketones is 1. The number of rotatable bonds is 6. The quantitative estimate of drug-likeness (QED) is 0.169. The molecule has 0 heterocycles. The van der Waals surface area contributed by atoms with Crippen LogP contribution in [0, 0.1) is 11.5 Å². The van der Waals surface area contributed by atoms with Crippen molar-refractivity contribution in [3.63, 3.8) is 0 Å². The summed E-state index contributed by atoms with van der Waals surface area (Å²) >= 11 is 0. The van der Waals surface area contributed by atoms with E-state index in [0.29, 0.717) is 11.3 Å². The maximum absolute atomic E-state index is 12.8. The smallest absolute Gasteiger partial charge is 0.347 e. The highest BCUT2D eigenvalue weighted by molar-refractivity contribution is 5.99. The van der Waals surface area contributed by atoms with E-state index in [1.54, 1.807) is 54.8 Å². The van der Waals surface area contributed by atoms with E-state index in [1.807, 2.05) is 0 Å². The fourth-order valence-electron chi connectivity index (χ4n) is 3.26. The first kappa shape index (κ1) is 22.2. The maximum atomic E-state index is 12.8. The van der Waals surface area contributed by atoms with Gasteiger partial charge in [0.1, 0.15) is 22.8 Å². The largest absolute Gasteiger partial charge is 0.423 e. The number of Topliss-reactive ketones (excluding diaryl/α,β-unsaturated/α-hetero) is 1. The second-order valence-corrected chi connectivity index (χ2v) is 7.27. The number of nitriles is 1. The molecule has 0 saturated carbocycles. The minimum atomic E-state index is -0.694. The van der Waals surface area contributed by atoms with Crippen molar-refractivity contribution in [1.29, 1.82) is 5.26 Å². The van der Waals surface area contributed by atoms with Crippen molar-refractivity contribution in [1.82, 2.24) is 0 Å². The summed E-state index contributed by atoms with van der Waals surface area (Å²) in [5, 5.41) is 10.2. The molecule has 0 amide bonds. The minimum Gasteiger partial charge on any atom is -0.423 e. The molecule has 0 fully saturated rings. The van der Waals surface area contributed by atoms with Crippen LogP contribution in [0.15, 0.2) is 84.9 Å². The molecule has 7 heteroatoms. The summed E-state index contributed by atoms with van der Waals surface area (Å²) in [4.78, 5) is 37.0. The molecule has 0 unspecified atom stereocenters. The summed E-state index contributed by atoms with van der Waals surface area (Å²) in [5.74, 6) is -0.772. The van der Waals surface area contributed by atoms with Gasteiger partial charge in [-0.05, 0) is 72.3 Å². The van der Waals surface area contributed by atoms with Crippen LogP contribution in [-0.4, -0.2) is 17.7 Å². The molecule has 0 atom stereocenters. The topological polar surface area (TPSA) is 103 Å². The molecule has 0 saturated heterocycles. The molecule has 0 aromatic heterocycles. The predicted molar refractivity (Wildman–Crippen MR) is 123 cm³/mol. The molecule has 0 aliphatic carbocycles. The Morgan fingerprint density at radius 2 is 1.35 bits per heavy atom. The lowest BCUT2D eigenvalue weighted by Gasteiger charge is -2.11. The van der Waals surface area contributed by atoms with Crippen molar-refractivity contribution in [3.05, 3.63) is 102 Å². The maximum Gasteiger partial charge on any atom is 0.347 e. The number of esters is 2. The summed E-state index contributed by atoms with van der Waals surface area (Å²) in [6, 6.07) is 22.4. The summed E-state index contributed by atoms with van der Waals surface area (Å²) in [7, 11) is 0. The lowest BCUT2D eigenvalue weighted by molar-refractivity contribution is 0.0706. The minimum absolute atomic E-state index is 0.0324. The van der Waals surface area contributed by atoms with Crippen LogP contribution in [0.2, 0.25) is 0 Å². The Labute approximate surface area is 194 Å². The van der Waals surface area contributed by atoms with Crippen molar-refractivity contribution >= 4 is 28.5 Å². The van der Waals surface area contributed by atoms with E-state index in [9.17, 15) is 14.4 Å².